The third-order valence-corrected chi connectivity index (χ3v) is 6.05. The number of rotatable bonds is 3. The molecule has 1 amide bonds. The molecule has 4 rings (SSSR count). The normalized spacial score (nSPS) is 14.6. The number of aromatic nitrogens is 1. The number of fused-ring (bicyclic) bond motifs is 1. The largest absolute Gasteiger partial charge is 0.416 e. The van der Waals surface area contributed by atoms with E-state index in [1.54, 1.807) is 6.07 Å². The van der Waals surface area contributed by atoms with Gasteiger partial charge < -0.3 is 9.88 Å². The lowest BCUT2D eigenvalue weighted by Gasteiger charge is -2.28. The molecule has 1 saturated heterocycles. The van der Waals surface area contributed by atoms with Crippen LogP contribution in [-0.2, 0) is 22.2 Å². The molecule has 1 fully saturated rings. The number of amides is 1. The number of halogens is 4. The number of nitrogens with zero attached hydrogens (tertiary/aromatic N) is 2. The minimum atomic E-state index is -4.54. The van der Waals surface area contributed by atoms with Crippen LogP contribution in [0.1, 0.15) is 22.3 Å². The lowest BCUT2D eigenvalue weighted by Crippen LogP contribution is -2.42. The van der Waals surface area contributed by atoms with Crippen molar-refractivity contribution in [1.82, 2.24) is 4.98 Å². The highest BCUT2D eigenvalue weighted by Crippen LogP contribution is 2.35. The maximum absolute atomic E-state index is 15.3. The molecule has 0 saturated carbocycles. The van der Waals surface area contributed by atoms with E-state index in [0.717, 1.165) is 41.1 Å². The van der Waals surface area contributed by atoms with Gasteiger partial charge in [-0.15, -0.1) is 0 Å². The van der Waals surface area contributed by atoms with Gasteiger partial charge in [0, 0.05) is 30.5 Å². The van der Waals surface area contributed by atoms with E-state index >= 15 is 4.39 Å². The average molecular weight is 475 g/mol. The molecule has 0 spiro atoms. The van der Waals surface area contributed by atoms with E-state index in [0.29, 0.717) is 5.56 Å². The van der Waals surface area contributed by atoms with Gasteiger partial charge in [0.15, 0.2) is 0 Å². The number of carbonyl (C=O) groups is 2. The summed E-state index contributed by atoms with van der Waals surface area (Å²) < 4.78 is 54.1. The first-order valence-electron chi connectivity index (χ1n) is 9.53. The quantitative estimate of drug-likeness (QED) is 0.460. The summed E-state index contributed by atoms with van der Waals surface area (Å²) >= 11 is 0.802. The minimum absolute atomic E-state index is 0.0260. The lowest BCUT2D eigenvalue weighted by atomic mass is 9.97. The molecule has 6 nitrogen and oxygen atoms in total. The van der Waals surface area contributed by atoms with Crippen LogP contribution in [0, 0.1) is 17.1 Å². The van der Waals surface area contributed by atoms with Crippen molar-refractivity contribution >= 4 is 39.4 Å². The smallest absolute Gasteiger partial charge is 0.359 e. The van der Waals surface area contributed by atoms with Crippen LogP contribution in [0.5, 0.6) is 0 Å². The van der Waals surface area contributed by atoms with Crippen LogP contribution >= 0.6 is 11.8 Å². The van der Waals surface area contributed by atoms with Crippen molar-refractivity contribution in [3.05, 3.63) is 74.8 Å². The second-order valence-electron chi connectivity index (χ2n) is 7.22. The predicted molar refractivity (Wildman–Crippen MR) is 113 cm³/mol. The van der Waals surface area contributed by atoms with Gasteiger partial charge in [-0.3, -0.25) is 14.4 Å². The Morgan fingerprint density at radius 3 is 2.48 bits per heavy atom. The fraction of sp³-hybridized carbons (Fsp3) is 0.182. The van der Waals surface area contributed by atoms with Crippen molar-refractivity contribution in [2.24, 2.45) is 0 Å². The van der Waals surface area contributed by atoms with E-state index in [2.05, 4.69) is 4.98 Å². The first-order chi connectivity index (χ1) is 15.6. The van der Waals surface area contributed by atoms with E-state index in [1.165, 1.54) is 12.1 Å². The van der Waals surface area contributed by atoms with Crippen molar-refractivity contribution in [3.8, 4) is 6.07 Å². The molecule has 0 aliphatic carbocycles. The summed E-state index contributed by atoms with van der Waals surface area (Å²) in [5, 5.41) is 8.20. The summed E-state index contributed by atoms with van der Waals surface area (Å²) in [6.45, 7) is 0.0260. The SMILES string of the molecule is N#Cc1c[nH]c2c(Cc3ccc(C(F)(F)F)cc3)c(N3CCSC(=O)C3=O)c(F)cc2c1=O. The zero-order valence-corrected chi connectivity index (χ0v) is 17.4. The van der Waals surface area contributed by atoms with Crippen LogP contribution in [0.3, 0.4) is 0 Å². The predicted octanol–water partition coefficient (Wildman–Crippen LogP) is 3.75. The number of alkyl halides is 3. The van der Waals surface area contributed by atoms with Gasteiger partial charge in [0.25, 0.3) is 5.12 Å². The highest BCUT2D eigenvalue weighted by Gasteiger charge is 2.33. The van der Waals surface area contributed by atoms with E-state index in [-0.39, 0.29) is 46.4 Å². The zero-order chi connectivity index (χ0) is 23.9. The second-order valence-corrected chi connectivity index (χ2v) is 8.28. The minimum Gasteiger partial charge on any atom is -0.359 e. The topological polar surface area (TPSA) is 94.0 Å². The Bertz CT molecular complexity index is 1390. The molecule has 0 atom stereocenters. The Balaban J connectivity index is 1.93. The number of benzene rings is 2. The fourth-order valence-electron chi connectivity index (χ4n) is 3.67. The zero-order valence-electron chi connectivity index (χ0n) is 16.6. The number of anilines is 1. The number of pyridine rings is 1. The molecular formula is C22H13F4N3O3S. The Hall–Kier alpha value is -3.65. The summed E-state index contributed by atoms with van der Waals surface area (Å²) in [4.78, 5) is 40.8. The molecular weight excluding hydrogens is 462 g/mol. The summed E-state index contributed by atoms with van der Waals surface area (Å²) in [6.07, 6.45) is -3.54. The summed E-state index contributed by atoms with van der Waals surface area (Å²) in [5.41, 5.74) is -1.50. The van der Waals surface area contributed by atoms with Gasteiger partial charge in [0.05, 0.1) is 22.2 Å². The number of hydrogen-bond donors (Lipinski definition) is 1. The number of nitriles is 1. The summed E-state index contributed by atoms with van der Waals surface area (Å²) in [7, 11) is 0. The van der Waals surface area contributed by atoms with Gasteiger partial charge in [-0.25, -0.2) is 4.39 Å². The molecule has 0 bridgehead atoms. The second kappa shape index (κ2) is 8.37. The number of H-pyrrole nitrogens is 1. The molecule has 168 valence electrons. The van der Waals surface area contributed by atoms with Gasteiger partial charge in [-0.2, -0.15) is 18.4 Å². The molecule has 3 aromatic rings. The molecule has 33 heavy (non-hydrogen) atoms. The number of nitrogens with one attached hydrogen (secondary N) is 1. The van der Waals surface area contributed by atoms with E-state index in [4.69, 9.17) is 5.26 Å². The van der Waals surface area contributed by atoms with Crippen molar-refractivity contribution < 1.29 is 27.2 Å². The molecule has 1 aromatic heterocycles. The lowest BCUT2D eigenvalue weighted by molar-refractivity contribution is -0.137. The number of hydrogen-bond acceptors (Lipinski definition) is 5. The molecule has 1 aliphatic heterocycles. The van der Waals surface area contributed by atoms with Crippen LogP contribution < -0.4 is 10.3 Å². The standard InChI is InChI=1S/C22H13F4N3O3S/c23-16-8-15-17(28-10-12(9-27)19(15)30)14(18(16)29-5-6-33-21(32)20(29)31)7-11-1-3-13(4-2-11)22(24,25)26/h1-4,8,10H,5-7H2,(H,28,30). The maximum Gasteiger partial charge on any atom is 0.416 e. The Morgan fingerprint density at radius 2 is 1.85 bits per heavy atom. The molecule has 0 unspecified atom stereocenters. The Morgan fingerprint density at radius 1 is 1.15 bits per heavy atom. The van der Waals surface area contributed by atoms with Crippen molar-refractivity contribution in [2.45, 2.75) is 12.6 Å². The van der Waals surface area contributed by atoms with Crippen molar-refractivity contribution in [2.75, 3.05) is 17.2 Å². The Labute approximate surface area is 187 Å². The molecule has 0 radical (unpaired) electrons. The monoisotopic (exact) mass is 475 g/mol. The first-order valence-corrected chi connectivity index (χ1v) is 10.5. The van der Waals surface area contributed by atoms with E-state index in [1.807, 2.05) is 0 Å². The third kappa shape index (κ3) is 4.09. The average Bonchev–Trinajstić information content (AvgIpc) is 2.77. The van der Waals surface area contributed by atoms with Crippen LogP contribution in [-0.4, -0.2) is 28.3 Å². The van der Waals surface area contributed by atoms with Crippen molar-refractivity contribution in [3.63, 3.8) is 0 Å². The summed E-state index contributed by atoms with van der Waals surface area (Å²) in [5.74, 6) is -1.67. The first kappa shape index (κ1) is 22.5. The van der Waals surface area contributed by atoms with Gasteiger partial charge >= 0.3 is 12.1 Å². The van der Waals surface area contributed by atoms with Gasteiger partial charge in [-0.1, -0.05) is 23.9 Å². The van der Waals surface area contributed by atoms with E-state index in [9.17, 15) is 27.6 Å². The van der Waals surface area contributed by atoms with Crippen LogP contribution in [0.4, 0.5) is 23.2 Å². The van der Waals surface area contributed by atoms with Gasteiger partial charge in [0.1, 0.15) is 17.4 Å². The van der Waals surface area contributed by atoms with Crippen LogP contribution in [0.25, 0.3) is 10.9 Å². The van der Waals surface area contributed by atoms with E-state index < -0.39 is 34.0 Å². The van der Waals surface area contributed by atoms with Gasteiger partial charge in [0.2, 0.25) is 5.43 Å². The molecule has 1 aliphatic rings. The maximum atomic E-state index is 15.3. The number of aromatic amines is 1. The highest BCUT2D eigenvalue weighted by molar-refractivity contribution is 8.15. The van der Waals surface area contributed by atoms with Crippen LogP contribution in [0.2, 0.25) is 0 Å². The van der Waals surface area contributed by atoms with Gasteiger partial charge in [-0.05, 0) is 23.8 Å². The van der Waals surface area contributed by atoms with Crippen molar-refractivity contribution in [1.29, 1.82) is 5.26 Å². The summed E-state index contributed by atoms with van der Waals surface area (Å²) in [6, 6.07) is 6.76. The Kier molecular flexibility index (Phi) is 5.71. The number of thioether (sulfide) groups is 1. The molecule has 11 heteroatoms. The van der Waals surface area contributed by atoms with Crippen LogP contribution in [0.15, 0.2) is 41.3 Å². The third-order valence-electron chi connectivity index (χ3n) is 5.22. The molecule has 2 aromatic carbocycles. The fourth-order valence-corrected chi connectivity index (χ4v) is 4.36. The number of carbonyl (C=O) groups excluding carboxylic acids is 2. The highest BCUT2D eigenvalue weighted by atomic mass is 32.2. The molecule has 1 N–H and O–H groups in total. The molecule has 2 heterocycles.